The molecule has 1 fully saturated rings. The number of nitrogens with zero attached hydrogens (tertiary/aromatic N) is 1. The van der Waals surface area contributed by atoms with E-state index in [9.17, 15) is 18.0 Å². The molecule has 0 spiro atoms. The molecule has 2 rings (SSSR count). The van der Waals surface area contributed by atoms with Crippen molar-refractivity contribution in [2.75, 3.05) is 11.4 Å². The van der Waals surface area contributed by atoms with E-state index < -0.39 is 11.7 Å². The van der Waals surface area contributed by atoms with E-state index in [1.807, 2.05) is 4.90 Å². The molecule has 0 unspecified atom stereocenters. The lowest BCUT2D eigenvalue weighted by molar-refractivity contribution is -0.137. The number of benzene rings is 1. The van der Waals surface area contributed by atoms with E-state index in [1.54, 1.807) is 6.07 Å². The van der Waals surface area contributed by atoms with E-state index in [-0.39, 0.29) is 11.8 Å². The number of hydrogen-bond donors (Lipinski definition) is 0. The Labute approximate surface area is 122 Å². The van der Waals surface area contributed by atoms with Crippen LogP contribution >= 0.6 is 0 Å². The predicted octanol–water partition coefficient (Wildman–Crippen LogP) is 4.53. The molecule has 0 amide bonds. The maximum absolute atomic E-state index is 13.0. The molecule has 5 heteroatoms. The number of hydrogen-bond acceptors (Lipinski definition) is 2. The summed E-state index contributed by atoms with van der Waals surface area (Å²) in [5, 5.41) is 0. The van der Waals surface area contributed by atoms with E-state index in [1.165, 1.54) is 6.07 Å². The average molecular weight is 299 g/mol. The van der Waals surface area contributed by atoms with Gasteiger partial charge < -0.3 is 4.90 Å². The zero-order valence-corrected chi connectivity index (χ0v) is 12.3. The lowest BCUT2D eigenvalue weighted by Crippen LogP contribution is -2.28. The van der Waals surface area contributed by atoms with Crippen LogP contribution in [0.3, 0.4) is 0 Å². The van der Waals surface area contributed by atoms with Gasteiger partial charge in [0.2, 0.25) is 0 Å². The minimum atomic E-state index is -4.50. The first-order chi connectivity index (χ1) is 9.82. The fourth-order valence-corrected chi connectivity index (χ4v) is 2.38. The zero-order valence-electron chi connectivity index (χ0n) is 12.3. The van der Waals surface area contributed by atoms with E-state index in [0.717, 1.165) is 31.9 Å². The largest absolute Gasteiger partial charge is 0.417 e. The third kappa shape index (κ3) is 3.99. The third-order valence-electron chi connectivity index (χ3n) is 3.74. The Balaban J connectivity index is 2.30. The van der Waals surface area contributed by atoms with Crippen molar-refractivity contribution in [3.63, 3.8) is 0 Å². The molecule has 1 aliphatic carbocycles. The maximum atomic E-state index is 13.0. The number of carbonyl (C=O) groups excluding carboxylic acids is 1. The molecular weight excluding hydrogens is 279 g/mol. The van der Waals surface area contributed by atoms with Crippen molar-refractivity contribution in [1.29, 1.82) is 0 Å². The van der Waals surface area contributed by atoms with Gasteiger partial charge in [0.05, 0.1) is 5.56 Å². The number of halogens is 3. The smallest absolute Gasteiger partial charge is 0.369 e. The van der Waals surface area contributed by atoms with Crippen LogP contribution in [0.15, 0.2) is 18.2 Å². The first-order valence-electron chi connectivity index (χ1n) is 7.26. The molecule has 0 saturated heterocycles. The highest BCUT2D eigenvalue weighted by Crippen LogP contribution is 2.37. The monoisotopic (exact) mass is 299 g/mol. The van der Waals surface area contributed by atoms with Crippen LogP contribution in [-0.2, 0) is 6.18 Å². The number of aldehydes is 1. The van der Waals surface area contributed by atoms with Crippen molar-refractivity contribution < 1.29 is 18.0 Å². The topological polar surface area (TPSA) is 20.3 Å². The summed E-state index contributed by atoms with van der Waals surface area (Å²) >= 11 is 0. The minimum absolute atomic E-state index is 0.266. The maximum Gasteiger partial charge on any atom is 0.417 e. The molecule has 0 N–H and O–H groups in total. The Hall–Kier alpha value is -1.52. The van der Waals surface area contributed by atoms with Crippen molar-refractivity contribution in [3.05, 3.63) is 29.3 Å². The first kappa shape index (κ1) is 15.9. The van der Waals surface area contributed by atoms with Crippen molar-refractivity contribution in [3.8, 4) is 0 Å². The summed E-state index contributed by atoms with van der Waals surface area (Å²) in [6.45, 7) is 4.95. The molecule has 0 radical (unpaired) electrons. The second-order valence-electron chi connectivity index (χ2n) is 5.99. The second kappa shape index (κ2) is 6.08. The summed E-state index contributed by atoms with van der Waals surface area (Å²) in [7, 11) is 0. The fourth-order valence-electron chi connectivity index (χ4n) is 2.38. The molecule has 0 bridgehead atoms. The SMILES string of the molecule is CC(C)CCN(c1ccc(C=O)c(C(F)(F)F)c1)C1CC1. The van der Waals surface area contributed by atoms with Crippen molar-refractivity contribution in [2.45, 2.75) is 45.3 Å². The molecule has 21 heavy (non-hydrogen) atoms. The third-order valence-corrected chi connectivity index (χ3v) is 3.74. The van der Waals surface area contributed by atoms with Crippen LogP contribution in [0.2, 0.25) is 0 Å². The Kier molecular flexibility index (Phi) is 4.59. The normalized spacial score (nSPS) is 15.3. The number of anilines is 1. The quantitative estimate of drug-likeness (QED) is 0.719. The van der Waals surface area contributed by atoms with Gasteiger partial charge in [-0.1, -0.05) is 13.8 Å². The van der Waals surface area contributed by atoms with Gasteiger partial charge in [0.1, 0.15) is 0 Å². The highest BCUT2D eigenvalue weighted by atomic mass is 19.4. The molecular formula is C16H20F3NO. The average Bonchev–Trinajstić information content (AvgIpc) is 3.22. The molecule has 0 atom stereocenters. The van der Waals surface area contributed by atoms with Crippen LogP contribution < -0.4 is 4.90 Å². The molecule has 116 valence electrons. The van der Waals surface area contributed by atoms with Gasteiger partial charge in [0.15, 0.2) is 6.29 Å². The van der Waals surface area contributed by atoms with E-state index in [2.05, 4.69) is 13.8 Å². The van der Waals surface area contributed by atoms with Gasteiger partial charge in [-0.2, -0.15) is 13.2 Å². The van der Waals surface area contributed by atoms with Gasteiger partial charge in [-0.05, 0) is 43.4 Å². The van der Waals surface area contributed by atoms with Gasteiger partial charge in [0, 0.05) is 23.8 Å². The van der Waals surface area contributed by atoms with Crippen LogP contribution in [-0.4, -0.2) is 18.9 Å². The molecule has 1 aromatic rings. The lowest BCUT2D eigenvalue weighted by Gasteiger charge is -2.26. The number of carbonyl (C=O) groups is 1. The van der Waals surface area contributed by atoms with Gasteiger partial charge >= 0.3 is 6.18 Å². The second-order valence-corrected chi connectivity index (χ2v) is 5.99. The summed E-state index contributed by atoms with van der Waals surface area (Å²) in [4.78, 5) is 12.8. The van der Waals surface area contributed by atoms with Crippen LogP contribution in [0, 0.1) is 5.92 Å². The highest BCUT2D eigenvalue weighted by molar-refractivity contribution is 5.79. The van der Waals surface area contributed by atoms with Gasteiger partial charge in [-0.3, -0.25) is 4.79 Å². The molecule has 0 aliphatic heterocycles. The Bertz CT molecular complexity index is 507. The Morgan fingerprint density at radius 2 is 2.00 bits per heavy atom. The van der Waals surface area contributed by atoms with E-state index >= 15 is 0 Å². The Morgan fingerprint density at radius 1 is 1.33 bits per heavy atom. The summed E-state index contributed by atoms with van der Waals surface area (Å²) < 4.78 is 39.1. The molecule has 0 aromatic heterocycles. The van der Waals surface area contributed by atoms with E-state index in [4.69, 9.17) is 0 Å². The van der Waals surface area contributed by atoms with Gasteiger partial charge in [-0.25, -0.2) is 0 Å². The fraction of sp³-hybridized carbons (Fsp3) is 0.562. The van der Waals surface area contributed by atoms with Gasteiger partial charge in [0.25, 0.3) is 0 Å². The van der Waals surface area contributed by atoms with Crippen LogP contribution in [0.25, 0.3) is 0 Å². The first-order valence-corrected chi connectivity index (χ1v) is 7.26. The van der Waals surface area contributed by atoms with Crippen molar-refractivity contribution >= 4 is 12.0 Å². The molecule has 0 heterocycles. The van der Waals surface area contributed by atoms with E-state index in [0.29, 0.717) is 17.6 Å². The highest BCUT2D eigenvalue weighted by Gasteiger charge is 2.35. The van der Waals surface area contributed by atoms with Crippen LogP contribution in [0.1, 0.15) is 49.0 Å². The lowest BCUT2D eigenvalue weighted by atomic mass is 10.1. The van der Waals surface area contributed by atoms with Crippen LogP contribution in [0.5, 0.6) is 0 Å². The molecule has 2 nitrogen and oxygen atoms in total. The number of rotatable bonds is 6. The van der Waals surface area contributed by atoms with Crippen molar-refractivity contribution in [1.82, 2.24) is 0 Å². The molecule has 1 aromatic carbocycles. The number of alkyl halides is 3. The van der Waals surface area contributed by atoms with Crippen LogP contribution in [0.4, 0.5) is 18.9 Å². The predicted molar refractivity (Wildman–Crippen MR) is 76.7 cm³/mol. The summed E-state index contributed by atoms with van der Waals surface area (Å²) in [6.07, 6.45) is -1.25. The summed E-state index contributed by atoms with van der Waals surface area (Å²) in [5.41, 5.74) is -0.577. The standard InChI is InChI=1S/C16H20F3NO/c1-11(2)7-8-20(13-5-6-13)14-4-3-12(10-21)15(9-14)16(17,18)19/h3-4,9-11,13H,5-8H2,1-2H3. The zero-order chi connectivity index (χ0) is 15.6. The summed E-state index contributed by atoms with van der Waals surface area (Å²) in [5.74, 6) is 0.502. The molecule has 1 aliphatic rings. The van der Waals surface area contributed by atoms with Gasteiger partial charge in [-0.15, -0.1) is 0 Å². The van der Waals surface area contributed by atoms with Crippen molar-refractivity contribution in [2.24, 2.45) is 5.92 Å². The summed E-state index contributed by atoms with van der Waals surface area (Å²) in [6, 6.07) is 4.35. The minimum Gasteiger partial charge on any atom is -0.369 e. The molecule has 1 saturated carbocycles. The Morgan fingerprint density at radius 3 is 2.48 bits per heavy atom.